The van der Waals surface area contributed by atoms with Gasteiger partial charge >= 0.3 is 0 Å². The second kappa shape index (κ2) is 13.6. The monoisotopic (exact) mass is 551 g/mol. The van der Waals surface area contributed by atoms with E-state index in [-0.39, 0.29) is 31.1 Å². The number of Topliss-reactive ketones (excluding diaryl/α,β-unsaturated/α-hetero) is 1. The number of pyridine rings is 1. The van der Waals surface area contributed by atoms with Crippen LogP contribution < -0.4 is 16.0 Å². The van der Waals surface area contributed by atoms with E-state index in [1.807, 2.05) is 35.2 Å². The van der Waals surface area contributed by atoms with Crippen LogP contribution in [0.3, 0.4) is 0 Å². The third kappa shape index (κ3) is 8.41. The van der Waals surface area contributed by atoms with E-state index in [0.717, 1.165) is 11.1 Å². The molecular formula is C29H37N5O6. The Balaban J connectivity index is 1.44. The number of epoxide rings is 1. The van der Waals surface area contributed by atoms with E-state index in [0.29, 0.717) is 32.9 Å². The van der Waals surface area contributed by atoms with Crippen molar-refractivity contribution in [3.63, 3.8) is 0 Å². The number of ether oxygens (including phenoxy) is 2. The van der Waals surface area contributed by atoms with Gasteiger partial charge in [-0.1, -0.05) is 36.4 Å². The van der Waals surface area contributed by atoms with Gasteiger partial charge in [-0.25, -0.2) is 0 Å². The van der Waals surface area contributed by atoms with Gasteiger partial charge in [-0.05, 0) is 37.5 Å². The van der Waals surface area contributed by atoms with E-state index in [2.05, 4.69) is 20.9 Å². The summed E-state index contributed by atoms with van der Waals surface area (Å²) < 4.78 is 10.7. The number of aromatic nitrogens is 1. The quantitative estimate of drug-likeness (QED) is 0.296. The van der Waals surface area contributed by atoms with Gasteiger partial charge in [-0.3, -0.25) is 29.1 Å². The number of amides is 3. The van der Waals surface area contributed by atoms with Crippen molar-refractivity contribution in [2.45, 2.75) is 50.4 Å². The molecule has 2 aromatic rings. The summed E-state index contributed by atoms with van der Waals surface area (Å²) in [5.41, 5.74) is 0.680. The van der Waals surface area contributed by atoms with Crippen LogP contribution in [0.1, 0.15) is 25.0 Å². The van der Waals surface area contributed by atoms with E-state index in [4.69, 9.17) is 9.47 Å². The van der Waals surface area contributed by atoms with E-state index >= 15 is 0 Å². The molecule has 3 N–H and O–H groups in total. The molecule has 0 bridgehead atoms. The fourth-order valence-electron chi connectivity index (χ4n) is 4.53. The molecule has 4 unspecified atom stereocenters. The topological polar surface area (TPSA) is 142 Å². The maximum absolute atomic E-state index is 13.6. The number of hydrogen-bond acceptors (Lipinski definition) is 8. The van der Waals surface area contributed by atoms with Gasteiger partial charge in [0.05, 0.1) is 32.4 Å². The molecule has 1 aromatic heterocycles. The summed E-state index contributed by atoms with van der Waals surface area (Å²) in [6, 6.07) is 10.2. The minimum atomic E-state index is -1.01. The van der Waals surface area contributed by atoms with Crippen LogP contribution in [0.4, 0.5) is 0 Å². The minimum Gasteiger partial charge on any atom is -0.379 e. The first-order chi connectivity index (χ1) is 19.2. The Morgan fingerprint density at radius 3 is 2.23 bits per heavy atom. The summed E-state index contributed by atoms with van der Waals surface area (Å²) in [5.74, 6) is -1.53. The van der Waals surface area contributed by atoms with Crippen LogP contribution in [0, 0.1) is 0 Å². The SMILES string of the molecule is CC(NC(=O)CN1CCOCC1)C(=O)NC(Cc1cccnc1)C(=O)NC(Cc1ccccc1)C(=O)C1(C)CO1. The van der Waals surface area contributed by atoms with Gasteiger partial charge in [0.25, 0.3) is 0 Å². The first kappa shape index (κ1) is 29.3. The van der Waals surface area contributed by atoms with Crippen molar-refractivity contribution in [1.29, 1.82) is 0 Å². The number of rotatable bonds is 13. The van der Waals surface area contributed by atoms with Crippen molar-refractivity contribution in [1.82, 2.24) is 25.8 Å². The largest absolute Gasteiger partial charge is 0.379 e. The molecule has 2 aliphatic heterocycles. The summed E-state index contributed by atoms with van der Waals surface area (Å²) in [5, 5.41) is 8.34. The number of morpholine rings is 1. The molecule has 1 aromatic carbocycles. The minimum absolute atomic E-state index is 0.153. The molecule has 214 valence electrons. The van der Waals surface area contributed by atoms with Crippen molar-refractivity contribution in [2.24, 2.45) is 0 Å². The summed E-state index contributed by atoms with van der Waals surface area (Å²) >= 11 is 0. The molecule has 3 heterocycles. The van der Waals surface area contributed by atoms with Crippen LogP contribution in [0.25, 0.3) is 0 Å². The van der Waals surface area contributed by atoms with E-state index in [1.165, 1.54) is 0 Å². The molecule has 0 aliphatic carbocycles. The van der Waals surface area contributed by atoms with Crippen molar-refractivity contribution < 1.29 is 28.7 Å². The van der Waals surface area contributed by atoms with Gasteiger partial charge in [-0.15, -0.1) is 0 Å². The molecule has 0 saturated carbocycles. The van der Waals surface area contributed by atoms with Gasteiger partial charge in [-0.2, -0.15) is 0 Å². The number of nitrogens with zero attached hydrogens (tertiary/aromatic N) is 2. The Bertz CT molecular complexity index is 1170. The molecule has 40 heavy (non-hydrogen) atoms. The summed E-state index contributed by atoms with van der Waals surface area (Å²) in [7, 11) is 0. The molecule has 2 saturated heterocycles. The van der Waals surface area contributed by atoms with Crippen LogP contribution >= 0.6 is 0 Å². The highest BCUT2D eigenvalue weighted by Crippen LogP contribution is 2.29. The normalized spacial score (nSPS) is 20.9. The van der Waals surface area contributed by atoms with E-state index in [1.54, 1.807) is 38.4 Å². The first-order valence-electron chi connectivity index (χ1n) is 13.5. The lowest BCUT2D eigenvalue weighted by Crippen LogP contribution is -2.57. The molecular weight excluding hydrogens is 514 g/mol. The Morgan fingerprint density at radius 1 is 0.925 bits per heavy atom. The predicted octanol–water partition coefficient (Wildman–Crippen LogP) is 0.0313. The van der Waals surface area contributed by atoms with Crippen molar-refractivity contribution in [3.05, 3.63) is 66.0 Å². The van der Waals surface area contributed by atoms with E-state index in [9.17, 15) is 19.2 Å². The van der Waals surface area contributed by atoms with Gasteiger partial charge in [0.2, 0.25) is 17.7 Å². The molecule has 11 nitrogen and oxygen atoms in total. The molecule has 11 heteroatoms. The molecule has 4 atom stereocenters. The van der Waals surface area contributed by atoms with Gasteiger partial charge < -0.3 is 25.4 Å². The smallest absolute Gasteiger partial charge is 0.243 e. The molecule has 0 radical (unpaired) electrons. The average molecular weight is 552 g/mol. The van der Waals surface area contributed by atoms with Gasteiger partial charge in [0, 0.05) is 31.9 Å². The Kier molecular flexibility index (Phi) is 9.97. The lowest BCUT2D eigenvalue weighted by atomic mass is 9.94. The number of benzene rings is 1. The molecule has 2 aliphatic rings. The lowest BCUT2D eigenvalue weighted by Gasteiger charge is -2.27. The molecule has 2 fully saturated rings. The van der Waals surface area contributed by atoms with Crippen molar-refractivity contribution in [3.8, 4) is 0 Å². The van der Waals surface area contributed by atoms with Crippen LogP contribution in [0.2, 0.25) is 0 Å². The highest BCUT2D eigenvalue weighted by molar-refractivity contribution is 5.98. The zero-order chi connectivity index (χ0) is 28.5. The molecule has 0 spiro atoms. The number of hydrogen-bond donors (Lipinski definition) is 3. The van der Waals surface area contributed by atoms with Crippen LogP contribution in [0.15, 0.2) is 54.9 Å². The van der Waals surface area contributed by atoms with Gasteiger partial charge in [0.1, 0.15) is 17.7 Å². The highest BCUT2D eigenvalue weighted by atomic mass is 16.6. The average Bonchev–Trinajstić information content (AvgIpc) is 3.71. The Labute approximate surface area is 234 Å². The summed E-state index contributed by atoms with van der Waals surface area (Å²) in [6.07, 6.45) is 3.67. The highest BCUT2D eigenvalue weighted by Gasteiger charge is 2.50. The summed E-state index contributed by atoms with van der Waals surface area (Å²) in [4.78, 5) is 58.6. The lowest BCUT2D eigenvalue weighted by molar-refractivity contribution is -0.134. The third-order valence-corrected chi connectivity index (χ3v) is 7.05. The zero-order valence-corrected chi connectivity index (χ0v) is 22.9. The first-order valence-corrected chi connectivity index (χ1v) is 13.5. The van der Waals surface area contributed by atoms with Crippen molar-refractivity contribution in [2.75, 3.05) is 39.5 Å². The maximum Gasteiger partial charge on any atom is 0.243 e. The van der Waals surface area contributed by atoms with Gasteiger partial charge in [0.15, 0.2) is 5.78 Å². The number of carbonyl (C=O) groups excluding carboxylic acids is 4. The molecule has 3 amide bonds. The third-order valence-electron chi connectivity index (χ3n) is 7.05. The second-order valence-electron chi connectivity index (χ2n) is 10.4. The van der Waals surface area contributed by atoms with E-state index < -0.39 is 35.5 Å². The predicted molar refractivity (Wildman–Crippen MR) is 146 cm³/mol. The van der Waals surface area contributed by atoms with Crippen LogP contribution in [0.5, 0.6) is 0 Å². The Morgan fingerprint density at radius 2 is 1.57 bits per heavy atom. The fraction of sp³-hybridized carbons (Fsp3) is 0.483. The molecule has 4 rings (SSSR count). The van der Waals surface area contributed by atoms with Crippen LogP contribution in [-0.4, -0.2) is 96.6 Å². The summed E-state index contributed by atoms with van der Waals surface area (Å²) in [6.45, 7) is 6.15. The standard InChI is InChI=1S/C29H37N5O6/c1-20(31-25(35)18-34-11-13-39-14-12-34)27(37)33-24(16-22-9-6-10-30-17-22)28(38)32-23(26(36)29(2)19-40-29)15-21-7-4-3-5-8-21/h3-10,17,20,23-24H,11-16,18-19H2,1-2H3,(H,31,35)(H,32,38)(H,33,37). The zero-order valence-electron chi connectivity index (χ0n) is 22.9. The second-order valence-corrected chi connectivity index (χ2v) is 10.4. The number of nitrogens with one attached hydrogen (secondary N) is 3. The van der Waals surface area contributed by atoms with Crippen LogP contribution in [-0.2, 0) is 41.5 Å². The fourth-order valence-corrected chi connectivity index (χ4v) is 4.53. The van der Waals surface area contributed by atoms with Crippen molar-refractivity contribution >= 4 is 23.5 Å². The Hall–Kier alpha value is -3.67. The number of ketones is 1. The maximum atomic E-state index is 13.6. The number of carbonyl (C=O) groups is 4.